The van der Waals surface area contributed by atoms with Crippen molar-refractivity contribution < 1.29 is 4.79 Å². The number of hydrogen-bond acceptors (Lipinski definition) is 3. The summed E-state index contributed by atoms with van der Waals surface area (Å²) in [5.74, 6) is 0.726. The van der Waals surface area contributed by atoms with E-state index in [9.17, 15) is 4.79 Å². The second kappa shape index (κ2) is 6.45. The number of hydrogen-bond donors (Lipinski definition) is 1. The zero-order valence-electron chi connectivity index (χ0n) is 15.2. The van der Waals surface area contributed by atoms with Gasteiger partial charge in [0, 0.05) is 17.8 Å². The molecular weight excluding hydrogens is 322 g/mol. The lowest BCUT2D eigenvalue weighted by Gasteiger charge is -2.17. The number of carbonyl (C=O) groups is 1. The van der Waals surface area contributed by atoms with Gasteiger partial charge in [-0.2, -0.15) is 5.10 Å². The minimum Gasteiger partial charge on any atom is -0.380 e. The van der Waals surface area contributed by atoms with Crippen molar-refractivity contribution in [3.05, 3.63) is 60.4 Å². The standard InChI is InChI=1S/C22H23N3O/c1-4-16-6-5-7-18(10-16)19-11-21-22(24-14(2)17-8-9-17)20(15(3)26)12-23-25(21)13-19/h4-7,10-14,17,24H,1,8-9H2,2-3H3. The quantitative estimate of drug-likeness (QED) is 0.635. The van der Waals surface area contributed by atoms with Gasteiger partial charge in [0.1, 0.15) is 0 Å². The lowest BCUT2D eigenvalue weighted by atomic mass is 10.1. The van der Waals surface area contributed by atoms with Crippen LogP contribution in [0.25, 0.3) is 22.7 Å². The first-order valence-corrected chi connectivity index (χ1v) is 9.08. The van der Waals surface area contributed by atoms with E-state index in [0.717, 1.165) is 27.9 Å². The highest BCUT2D eigenvalue weighted by atomic mass is 16.1. The predicted octanol–water partition coefficient (Wildman–Crippen LogP) is 5.06. The van der Waals surface area contributed by atoms with E-state index in [1.165, 1.54) is 12.8 Å². The summed E-state index contributed by atoms with van der Waals surface area (Å²) in [5, 5.41) is 8.04. The Morgan fingerprint density at radius 2 is 2.15 bits per heavy atom. The van der Waals surface area contributed by atoms with Gasteiger partial charge >= 0.3 is 0 Å². The molecule has 1 fully saturated rings. The highest BCUT2D eigenvalue weighted by Crippen LogP contribution is 2.36. The molecule has 2 aromatic heterocycles. The molecule has 0 bridgehead atoms. The van der Waals surface area contributed by atoms with E-state index in [1.54, 1.807) is 13.1 Å². The molecule has 132 valence electrons. The summed E-state index contributed by atoms with van der Waals surface area (Å²) in [5.41, 5.74) is 5.73. The van der Waals surface area contributed by atoms with Crippen LogP contribution >= 0.6 is 0 Å². The van der Waals surface area contributed by atoms with Gasteiger partial charge in [0.2, 0.25) is 0 Å². The number of rotatable bonds is 6. The minimum absolute atomic E-state index is 0.0295. The molecule has 1 aromatic carbocycles. The van der Waals surface area contributed by atoms with Crippen LogP contribution in [0.15, 0.2) is 49.3 Å². The van der Waals surface area contributed by atoms with E-state index in [4.69, 9.17) is 0 Å². The van der Waals surface area contributed by atoms with Crippen LogP contribution in [0.2, 0.25) is 0 Å². The molecule has 3 aromatic rings. The fourth-order valence-corrected chi connectivity index (χ4v) is 3.42. The van der Waals surface area contributed by atoms with Crippen LogP contribution in [-0.2, 0) is 0 Å². The molecule has 4 rings (SSSR count). The fraction of sp³-hybridized carbons (Fsp3) is 0.273. The normalized spacial score (nSPS) is 15.0. The average molecular weight is 345 g/mol. The number of nitrogens with zero attached hydrogens (tertiary/aromatic N) is 2. The topological polar surface area (TPSA) is 46.4 Å². The number of fused-ring (bicyclic) bond motifs is 1. The van der Waals surface area contributed by atoms with Crippen LogP contribution in [0.4, 0.5) is 5.69 Å². The number of ketones is 1. The summed E-state index contributed by atoms with van der Waals surface area (Å²) in [6.07, 6.45) is 8.03. The highest BCUT2D eigenvalue weighted by molar-refractivity contribution is 6.03. The van der Waals surface area contributed by atoms with Gasteiger partial charge in [0.05, 0.1) is 23.0 Å². The number of anilines is 1. The van der Waals surface area contributed by atoms with E-state index in [1.807, 2.05) is 28.9 Å². The summed E-state index contributed by atoms with van der Waals surface area (Å²) in [7, 11) is 0. The van der Waals surface area contributed by atoms with Crippen molar-refractivity contribution in [1.82, 2.24) is 9.61 Å². The van der Waals surface area contributed by atoms with Gasteiger partial charge in [-0.15, -0.1) is 0 Å². The largest absolute Gasteiger partial charge is 0.380 e. The Morgan fingerprint density at radius 3 is 2.85 bits per heavy atom. The summed E-state index contributed by atoms with van der Waals surface area (Å²) >= 11 is 0. The number of benzene rings is 1. The molecule has 1 N–H and O–H groups in total. The Kier molecular flexibility index (Phi) is 4.11. The van der Waals surface area contributed by atoms with Gasteiger partial charge in [0.15, 0.2) is 5.78 Å². The zero-order valence-corrected chi connectivity index (χ0v) is 15.2. The third-order valence-corrected chi connectivity index (χ3v) is 5.17. The third kappa shape index (κ3) is 3.03. The maximum Gasteiger partial charge on any atom is 0.163 e. The molecule has 4 heteroatoms. The molecule has 1 unspecified atom stereocenters. The van der Waals surface area contributed by atoms with Crippen molar-refractivity contribution in [3.63, 3.8) is 0 Å². The molecule has 0 aliphatic heterocycles. The number of carbonyl (C=O) groups excluding carboxylic acids is 1. The van der Waals surface area contributed by atoms with Crippen LogP contribution < -0.4 is 5.32 Å². The summed E-state index contributed by atoms with van der Waals surface area (Å²) in [6, 6.07) is 10.7. The van der Waals surface area contributed by atoms with Gasteiger partial charge in [-0.3, -0.25) is 4.79 Å². The number of nitrogens with one attached hydrogen (secondary N) is 1. The molecule has 0 amide bonds. The Hall–Kier alpha value is -2.88. The van der Waals surface area contributed by atoms with Crippen LogP contribution in [0, 0.1) is 5.92 Å². The fourth-order valence-electron chi connectivity index (χ4n) is 3.42. The summed E-state index contributed by atoms with van der Waals surface area (Å²) in [6.45, 7) is 7.63. The molecule has 0 saturated heterocycles. The van der Waals surface area contributed by atoms with Gasteiger partial charge in [-0.25, -0.2) is 4.52 Å². The minimum atomic E-state index is 0.0295. The maximum absolute atomic E-state index is 12.1. The molecule has 1 saturated carbocycles. The van der Waals surface area contributed by atoms with Crippen LogP contribution in [0.1, 0.15) is 42.6 Å². The van der Waals surface area contributed by atoms with Gasteiger partial charge < -0.3 is 5.32 Å². The van der Waals surface area contributed by atoms with Gasteiger partial charge in [-0.1, -0.05) is 30.9 Å². The number of Topliss-reactive ketones (excluding diaryl/α,β-unsaturated/α-hetero) is 1. The van der Waals surface area contributed by atoms with Gasteiger partial charge in [0.25, 0.3) is 0 Å². The van der Waals surface area contributed by atoms with E-state index in [-0.39, 0.29) is 5.78 Å². The van der Waals surface area contributed by atoms with Crippen LogP contribution in [0.5, 0.6) is 0 Å². The summed E-state index contributed by atoms with van der Waals surface area (Å²) in [4.78, 5) is 12.1. The van der Waals surface area contributed by atoms with E-state index in [0.29, 0.717) is 17.5 Å². The van der Waals surface area contributed by atoms with Crippen LogP contribution in [0.3, 0.4) is 0 Å². The first-order chi connectivity index (χ1) is 12.6. The van der Waals surface area contributed by atoms with Crippen molar-refractivity contribution in [3.8, 4) is 11.1 Å². The maximum atomic E-state index is 12.1. The molecular formula is C22H23N3O. The van der Waals surface area contributed by atoms with E-state index in [2.05, 4.69) is 42.1 Å². The first kappa shape index (κ1) is 16.6. The van der Waals surface area contributed by atoms with Gasteiger partial charge in [-0.05, 0) is 55.9 Å². The lowest BCUT2D eigenvalue weighted by Crippen LogP contribution is -2.20. The van der Waals surface area contributed by atoms with Crippen molar-refractivity contribution >= 4 is 23.1 Å². The van der Waals surface area contributed by atoms with Crippen molar-refractivity contribution in [1.29, 1.82) is 0 Å². The molecule has 1 atom stereocenters. The smallest absolute Gasteiger partial charge is 0.163 e. The SMILES string of the molecule is C=Cc1cccc(-c2cc3c(NC(C)C4CC4)c(C(C)=O)cnn3c2)c1. The molecule has 2 heterocycles. The van der Waals surface area contributed by atoms with Crippen molar-refractivity contribution in [2.75, 3.05) is 5.32 Å². The monoisotopic (exact) mass is 345 g/mol. The Bertz CT molecular complexity index is 998. The van der Waals surface area contributed by atoms with E-state index < -0.39 is 0 Å². The highest BCUT2D eigenvalue weighted by Gasteiger charge is 2.29. The summed E-state index contributed by atoms with van der Waals surface area (Å²) < 4.78 is 1.85. The second-order valence-electron chi connectivity index (χ2n) is 7.15. The Balaban J connectivity index is 1.83. The second-order valence-corrected chi connectivity index (χ2v) is 7.15. The zero-order chi connectivity index (χ0) is 18.3. The Morgan fingerprint density at radius 1 is 1.35 bits per heavy atom. The lowest BCUT2D eigenvalue weighted by molar-refractivity contribution is 0.101. The molecule has 1 aliphatic carbocycles. The predicted molar refractivity (Wildman–Crippen MR) is 107 cm³/mol. The van der Waals surface area contributed by atoms with Crippen molar-refractivity contribution in [2.24, 2.45) is 5.92 Å². The first-order valence-electron chi connectivity index (χ1n) is 9.08. The number of aromatic nitrogens is 2. The molecule has 1 aliphatic rings. The van der Waals surface area contributed by atoms with E-state index >= 15 is 0 Å². The molecule has 26 heavy (non-hydrogen) atoms. The average Bonchev–Trinajstić information content (AvgIpc) is 3.40. The molecule has 0 spiro atoms. The van der Waals surface area contributed by atoms with Crippen molar-refractivity contribution in [2.45, 2.75) is 32.7 Å². The van der Waals surface area contributed by atoms with Crippen LogP contribution in [-0.4, -0.2) is 21.4 Å². The molecule has 0 radical (unpaired) electrons. The Labute approximate surface area is 153 Å². The third-order valence-electron chi connectivity index (χ3n) is 5.17. The molecule has 4 nitrogen and oxygen atoms in total.